The molecule has 2 heterocycles. The van der Waals surface area contributed by atoms with Gasteiger partial charge >= 0.3 is 0 Å². The lowest BCUT2D eigenvalue weighted by atomic mass is 9.97. The van der Waals surface area contributed by atoms with Gasteiger partial charge in [-0.3, -0.25) is 9.69 Å². The Kier molecular flexibility index (Phi) is 5.68. The molecule has 0 atom stereocenters. The van der Waals surface area contributed by atoms with Crippen LogP contribution in [0.5, 0.6) is 0 Å². The first-order chi connectivity index (χ1) is 11.2. The molecule has 1 amide bonds. The summed E-state index contributed by atoms with van der Waals surface area (Å²) in [5.41, 5.74) is 2.38. The molecule has 0 radical (unpaired) electrons. The Morgan fingerprint density at radius 1 is 1.13 bits per heavy atom. The van der Waals surface area contributed by atoms with Gasteiger partial charge in [-0.1, -0.05) is 24.3 Å². The van der Waals surface area contributed by atoms with Crippen LogP contribution in [0.15, 0.2) is 24.3 Å². The predicted molar refractivity (Wildman–Crippen MR) is 93.5 cm³/mol. The fourth-order valence-electron chi connectivity index (χ4n) is 3.69. The third kappa shape index (κ3) is 4.55. The van der Waals surface area contributed by atoms with E-state index in [0.29, 0.717) is 6.42 Å². The van der Waals surface area contributed by atoms with Crippen LogP contribution in [0.4, 0.5) is 0 Å². The van der Waals surface area contributed by atoms with Crippen LogP contribution in [0, 0.1) is 12.8 Å². The average Bonchev–Trinajstić information content (AvgIpc) is 2.58. The van der Waals surface area contributed by atoms with E-state index in [-0.39, 0.29) is 5.91 Å². The van der Waals surface area contributed by atoms with Crippen LogP contribution in [-0.4, -0.2) is 61.5 Å². The number of carbonyl (C=O) groups is 1. The Bertz CT molecular complexity index is 517. The highest BCUT2D eigenvalue weighted by Crippen LogP contribution is 2.16. The molecule has 2 fully saturated rings. The molecule has 2 saturated heterocycles. The number of amides is 1. The number of nitrogens with one attached hydrogen (secondary N) is 1. The number of nitrogens with zero attached hydrogens (tertiary/aromatic N) is 2. The minimum atomic E-state index is 0.279. The maximum atomic E-state index is 12.5. The minimum absolute atomic E-state index is 0.279. The fraction of sp³-hybridized carbons (Fsp3) is 0.632. The van der Waals surface area contributed by atoms with Crippen molar-refractivity contribution >= 4 is 5.91 Å². The number of rotatable bonds is 4. The zero-order chi connectivity index (χ0) is 16.1. The van der Waals surface area contributed by atoms with Gasteiger partial charge in [0.25, 0.3) is 0 Å². The highest BCUT2D eigenvalue weighted by Gasteiger charge is 2.24. The zero-order valence-electron chi connectivity index (χ0n) is 14.3. The van der Waals surface area contributed by atoms with Crippen molar-refractivity contribution in [2.45, 2.75) is 26.2 Å². The van der Waals surface area contributed by atoms with Crippen molar-refractivity contribution in [1.29, 1.82) is 0 Å². The van der Waals surface area contributed by atoms with Crippen LogP contribution in [0.3, 0.4) is 0 Å². The first-order valence-electron chi connectivity index (χ1n) is 8.98. The topological polar surface area (TPSA) is 35.6 Å². The number of piperidine rings is 1. The van der Waals surface area contributed by atoms with Gasteiger partial charge in [0.05, 0.1) is 6.42 Å². The highest BCUT2D eigenvalue weighted by atomic mass is 16.2. The van der Waals surface area contributed by atoms with Crippen molar-refractivity contribution in [1.82, 2.24) is 15.1 Å². The summed E-state index contributed by atoms with van der Waals surface area (Å²) >= 11 is 0. The van der Waals surface area contributed by atoms with E-state index in [2.05, 4.69) is 29.3 Å². The van der Waals surface area contributed by atoms with Crippen LogP contribution in [-0.2, 0) is 11.2 Å². The first kappa shape index (κ1) is 16.5. The normalized spacial score (nSPS) is 20.7. The molecule has 23 heavy (non-hydrogen) atoms. The van der Waals surface area contributed by atoms with Gasteiger partial charge in [-0.05, 0) is 49.9 Å². The van der Waals surface area contributed by atoms with Gasteiger partial charge in [-0.15, -0.1) is 0 Å². The van der Waals surface area contributed by atoms with Crippen molar-refractivity contribution in [2.24, 2.45) is 5.92 Å². The molecule has 1 aromatic rings. The molecule has 126 valence electrons. The first-order valence-corrected chi connectivity index (χ1v) is 8.98. The summed E-state index contributed by atoms with van der Waals surface area (Å²) in [5.74, 6) is 1.12. The smallest absolute Gasteiger partial charge is 0.227 e. The lowest BCUT2D eigenvalue weighted by Crippen LogP contribution is -2.50. The van der Waals surface area contributed by atoms with Gasteiger partial charge in [0.2, 0.25) is 5.91 Å². The molecule has 0 saturated carbocycles. The number of piperazine rings is 1. The van der Waals surface area contributed by atoms with Gasteiger partial charge < -0.3 is 10.2 Å². The molecule has 4 heteroatoms. The second-order valence-electron chi connectivity index (χ2n) is 6.98. The quantitative estimate of drug-likeness (QED) is 0.918. The standard InChI is InChI=1S/C19H29N3O/c1-16-4-2-3-5-18(16)14-19(23)22-12-10-21(11-13-22)15-17-6-8-20-9-7-17/h2-5,17,20H,6-15H2,1H3. The van der Waals surface area contributed by atoms with Crippen molar-refractivity contribution in [2.75, 3.05) is 45.8 Å². The number of carbonyl (C=O) groups excluding carboxylic acids is 1. The fourth-order valence-corrected chi connectivity index (χ4v) is 3.69. The number of hydrogen-bond acceptors (Lipinski definition) is 3. The molecule has 4 nitrogen and oxygen atoms in total. The Balaban J connectivity index is 1.45. The van der Waals surface area contributed by atoms with Crippen molar-refractivity contribution in [3.8, 4) is 0 Å². The van der Waals surface area contributed by atoms with Gasteiger partial charge in [0.15, 0.2) is 0 Å². The average molecular weight is 315 g/mol. The van der Waals surface area contributed by atoms with E-state index < -0.39 is 0 Å². The molecular weight excluding hydrogens is 286 g/mol. The molecule has 0 bridgehead atoms. The summed E-state index contributed by atoms with van der Waals surface area (Å²) in [6.07, 6.45) is 3.14. The largest absolute Gasteiger partial charge is 0.340 e. The third-order valence-corrected chi connectivity index (χ3v) is 5.30. The van der Waals surface area contributed by atoms with E-state index in [1.165, 1.54) is 38.0 Å². The monoisotopic (exact) mass is 315 g/mol. The van der Waals surface area contributed by atoms with E-state index in [1.807, 2.05) is 17.0 Å². The summed E-state index contributed by atoms with van der Waals surface area (Å²) in [4.78, 5) is 17.1. The summed E-state index contributed by atoms with van der Waals surface area (Å²) in [6, 6.07) is 8.20. The molecule has 1 N–H and O–H groups in total. The number of benzene rings is 1. The Morgan fingerprint density at radius 3 is 2.52 bits per heavy atom. The lowest BCUT2D eigenvalue weighted by Gasteiger charge is -2.37. The summed E-state index contributed by atoms with van der Waals surface area (Å²) in [7, 11) is 0. The molecule has 3 rings (SSSR count). The van der Waals surface area contributed by atoms with Crippen LogP contribution in [0.1, 0.15) is 24.0 Å². The molecule has 0 unspecified atom stereocenters. The predicted octanol–water partition coefficient (Wildman–Crippen LogP) is 1.68. The number of hydrogen-bond donors (Lipinski definition) is 1. The minimum Gasteiger partial charge on any atom is -0.340 e. The molecular formula is C19H29N3O. The van der Waals surface area contributed by atoms with Crippen LogP contribution >= 0.6 is 0 Å². The number of aryl methyl sites for hydroxylation is 1. The van der Waals surface area contributed by atoms with Gasteiger partial charge in [0, 0.05) is 32.7 Å². The maximum absolute atomic E-state index is 12.5. The van der Waals surface area contributed by atoms with Crippen LogP contribution in [0.2, 0.25) is 0 Å². The van der Waals surface area contributed by atoms with E-state index in [4.69, 9.17) is 0 Å². The lowest BCUT2D eigenvalue weighted by molar-refractivity contribution is -0.132. The maximum Gasteiger partial charge on any atom is 0.227 e. The van der Waals surface area contributed by atoms with Crippen molar-refractivity contribution in [3.05, 3.63) is 35.4 Å². The van der Waals surface area contributed by atoms with E-state index in [9.17, 15) is 4.79 Å². The SMILES string of the molecule is Cc1ccccc1CC(=O)N1CCN(CC2CCNCC2)CC1. The molecule has 1 aromatic carbocycles. The van der Waals surface area contributed by atoms with E-state index in [1.54, 1.807) is 0 Å². The molecule has 2 aliphatic rings. The van der Waals surface area contributed by atoms with Gasteiger partial charge in [-0.2, -0.15) is 0 Å². The zero-order valence-corrected chi connectivity index (χ0v) is 14.3. The molecule has 0 spiro atoms. The van der Waals surface area contributed by atoms with Crippen LogP contribution in [0.25, 0.3) is 0 Å². The molecule has 2 aliphatic heterocycles. The summed E-state index contributed by atoms with van der Waals surface area (Å²) in [6.45, 7) is 9.46. The second-order valence-corrected chi connectivity index (χ2v) is 6.98. The second kappa shape index (κ2) is 7.93. The third-order valence-electron chi connectivity index (χ3n) is 5.30. The molecule has 0 aromatic heterocycles. The highest BCUT2D eigenvalue weighted by molar-refractivity contribution is 5.79. The van der Waals surface area contributed by atoms with Crippen molar-refractivity contribution < 1.29 is 4.79 Å². The Hall–Kier alpha value is -1.39. The Morgan fingerprint density at radius 2 is 1.83 bits per heavy atom. The van der Waals surface area contributed by atoms with Crippen LogP contribution < -0.4 is 5.32 Å². The van der Waals surface area contributed by atoms with E-state index >= 15 is 0 Å². The van der Waals surface area contributed by atoms with Gasteiger partial charge in [-0.25, -0.2) is 0 Å². The Labute approximate surface area is 139 Å². The summed E-state index contributed by atoms with van der Waals surface area (Å²) in [5, 5.41) is 3.43. The van der Waals surface area contributed by atoms with E-state index in [0.717, 1.165) is 37.7 Å². The van der Waals surface area contributed by atoms with Crippen molar-refractivity contribution in [3.63, 3.8) is 0 Å². The van der Waals surface area contributed by atoms with Gasteiger partial charge in [0.1, 0.15) is 0 Å². The summed E-state index contributed by atoms with van der Waals surface area (Å²) < 4.78 is 0. The molecule has 0 aliphatic carbocycles.